The molecule has 202 valence electrons. The van der Waals surface area contributed by atoms with Crippen molar-refractivity contribution in [1.29, 1.82) is 0 Å². The smallest absolute Gasteiger partial charge is 0.219 e. The molecule has 1 aliphatic rings. The van der Waals surface area contributed by atoms with Gasteiger partial charge in [0.15, 0.2) is 0 Å². The fourth-order valence-electron chi connectivity index (χ4n) is 4.40. The maximum Gasteiger partial charge on any atom is 0.219 e. The van der Waals surface area contributed by atoms with Crippen LogP contribution in [0.15, 0.2) is 0 Å². The normalized spacial score (nSPS) is 22.7. The molecule has 1 aliphatic heterocycles. The summed E-state index contributed by atoms with van der Waals surface area (Å²) in [5.41, 5.74) is 0. The Bertz CT molecular complexity index is 499. The molecule has 0 aromatic heterocycles. The second-order valence-electron chi connectivity index (χ2n) is 10.4. The standard InChI is InChI=1S/C28H55NO5/c1-7-8-9-10-11-12-15-18-26(30)29-19-16-13-14-17-20-31-27-24(6)34-25(21-32-22(2)3)28(27)33-23(4)5/h22-25,27-28H,7-21H2,1-6H3,(H,29,30)/t24-,25?,27-,28+/m0/s1. The minimum atomic E-state index is -0.0969. The zero-order chi connectivity index (χ0) is 25.2. The molecule has 0 spiro atoms. The van der Waals surface area contributed by atoms with Crippen molar-refractivity contribution in [3.8, 4) is 0 Å². The van der Waals surface area contributed by atoms with Gasteiger partial charge in [0.1, 0.15) is 18.3 Å². The van der Waals surface area contributed by atoms with Crippen molar-refractivity contribution >= 4 is 5.91 Å². The summed E-state index contributed by atoms with van der Waals surface area (Å²) in [5, 5.41) is 3.07. The molecule has 0 aromatic carbocycles. The lowest BCUT2D eigenvalue weighted by atomic mass is 10.1. The van der Waals surface area contributed by atoms with E-state index in [-0.39, 0.29) is 42.5 Å². The summed E-state index contributed by atoms with van der Waals surface area (Å²) in [6, 6.07) is 0. The van der Waals surface area contributed by atoms with Crippen LogP contribution in [0.3, 0.4) is 0 Å². The number of rotatable bonds is 21. The van der Waals surface area contributed by atoms with Gasteiger partial charge < -0.3 is 24.3 Å². The van der Waals surface area contributed by atoms with Crippen molar-refractivity contribution in [2.75, 3.05) is 19.8 Å². The molecule has 34 heavy (non-hydrogen) atoms. The Morgan fingerprint density at radius 1 is 0.853 bits per heavy atom. The van der Waals surface area contributed by atoms with Gasteiger partial charge in [-0.3, -0.25) is 4.79 Å². The van der Waals surface area contributed by atoms with Gasteiger partial charge in [0.25, 0.3) is 0 Å². The van der Waals surface area contributed by atoms with E-state index in [1.165, 1.54) is 38.5 Å². The van der Waals surface area contributed by atoms with E-state index in [2.05, 4.69) is 19.2 Å². The number of amides is 1. The number of hydrogen-bond donors (Lipinski definition) is 1. The molecule has 6 heteroatoms. The van der Waals surface area contributed by atoms with Crippen LogP contribution in [0, 0.1) is 0 Å². The van der Waals surface area contributed by atoms with Crippen LogP contribution >= 0.6 is 0 Å². The Labute approximate surface area is 210 Å². The van der Waals surface area contributed by atoms with E-state index in [0.717, 1.165) is 38.6 Å². The third kappa shape index (κ3) is 14.7. The van der Waals surface area contributed by atoms with Gasteiger partial charge >= 0.3 is 0 Å². The van der Waals surface area contributed by atoms with Crippen molar-refractivity contribution in [2.24, 2.45) is 0 Å². The third-order valence-corrected chi connectivity index (χ3v) is 6.28. The molecule has 1 fully saturated rings. The van der Waals surface area contributed by atoms with Crippen LogP contribution in [0.5, 0.6) is 0 Å². The van der Waals surface area contributed by atoms with Gasteiger partial charge in [0.05, 0.1) is 24.9 Å². The molecule has 1 heterocycles. The molecule has 1 N–H and O–H groups in total. The average Bonchev–Trinajstić information content (AvgIpc) is 3.07. The van der Waals surface area contributed by atoms with Crippen LogP contribution < -0.4 is 5.32 Å². The monoisotopic (exact) mass is 485 g/mol. The number of carbonyl (C=O) groups is 1. The summed E-state index contributed by atoms with van der Waals surface area (Å²) in [4.78, 5) is 11.9. The highest BCUT2D eigenvalue weighted by molar-refractivity contribution is 5.75. The third-order valence-electron chi connectivity index (χ3n) is 6.28. The maximum atomic E-state index is 11.9. The predicted octanol–water partition coefficient (Wildman–Crippen LogP) is 6.19. The van der Waals surface area contributed by atoms with E-state index < -0.39 is 0 Å². The lowest BCUT2D eigenvalue weighted by Crippen LogP contribution is -2.40. The van der Waals surface area contributed by atoms with Crippen molar-refractivity contribution in [3.05, 3.63) is 0 Å². The Kier molecular flexibility index (Phi) is 18.0. The van der Waals surface area contributed by atoms with Crippen molar-refractivity contribution < 1.29 is 23.7 Å². The van der Waals surface area contributed by atoms with Gasteiger partial charge in [-0.1, -0.05) is 58.3 Å². The van der Waals surface area contributed by atoms with Crippen LogP contribution in [-0.4, -0.2) is 62.3 Å². The number of unbranched alkanes of at least 4 members (excludes halogenated alkanes) is 9. The van der Waals surface area contributed by atoms with E-state index in [1.807, 2.05) is 27.7 Å². The second-order valence-corrected chi connectivity index (χ2v) is 10.4. The quantitative estimate of drug-likeness (QED) is 0.196. The number of ether oxygens (including phenoxy) is 4. The first kappa shape index (κ1) is 31.3. The molecular formula is C28H55NO5. The van der Waals surface area contributed by atoms with Crippen molar-refractivity contribution in [1.82, 2.24) is 5.32 Å². The molecule has 1 amide bonds. The molecule has 1 saturated heterocycles. The molecule has 6 nitrogen and oxygen atoms in total. The Morgan fingerprint density at radius 2 is 1.50 bits per heavy atom. The molecular weight excluding hydrogens is 430 g/mol. The first-order chi connectivity index (χ1) is 16.3. The van der Waals surface area contributed by atoms with Crippen LogP contribution in [0.2, 0.25) is 0 Å². The number of nitrogens with one attached hydrogen (secondary N) is 1. The summed E-state index contributed by atoms with van der Waals surface area (Å²) in [5.74, 6) is 0.208. The highest BCUT2D eigenvalue weighted by atomic mass is 16.6. The van der Waals surface area contributed by atoms with Gasteiger partial charge in [-0.15, -0.1) is 0 Å². The average molecular weight is 486 g/mol. The van der Waals surface area contributed by atoms with Crippen LogP contribution in [0.1, 0.15) is 119 Å². The lowest BCUT2D eigenvalue weighted by molar-refractivity contribution is -0.121. The summed E-state index contributed by atoms with van der Waals surface area (Å²) in [7, 11) is 0. The number of hydrogen-bond acceptors (Lipinski definition) is 5. The molecule has 4 atom stereocenters. The van der Waals surface area contributed by atoms with E-state index in [9.17, 15) is 4.79 Å². The fourth-order valence-corrected chi connectivity index (χ4v) is 4.40. The van der Waals surface area contributed by atoms with Crippen LogP contribution in [-0.2, 0) is 23.7 Å². The molecule has 0 aliphatic carbocycles. The zero-order valence-corrected chi connectivity index (χ0v) is 23.1. The molecule has 1 unspecified atom stereocenters. The fraction of sp³-hybridized carbons (Fsp3) is 0.964. The topological polar surface area (TPSA) is 66.0 Å². The van der Waals surface area contributed by atoms with Crippen LogP contribution in [0.4, 0.5) is 0 Å². The molecule has 1 rings (SSSR count). The predicted molar refractivity (Wildman–Crippen MR) is 139 cm³/mol. The number of carbonyl (C=O) groups excluding carboxylic acids is 1. The molecule has 0 radical (unpaired) electrons. The van der Waals surface area contributed by atoms with E-state index in [1.54, 1.807) is 0 Å². The lowest BCUT2D eigenvalue weighted by Gasteiger charge is -2.26. The second kappa shape index (κ2) is 19.5. The molecule has 0 bridgehead atoms. The minimum Gasteiger partial charge on any atom is -0.376 e. The van der Waals surface area contributed by atoms with Crippen molar-refractivity contribution in [3.63, 3.8) is 0 Å². The highest BCUT2D eigenvalue weighted by Gasteiger charge is 2.44. The van der Waals surface area contributed by atoms with Gasteiger partial charge in [-0.25, -0.2) is 0 Å². The summed E-state index contributed by atoms with van der Waals surface area (Å²) in [6.45, 7) is 14.5. The van der Waals surface area contributed by atoms with Crippen molar-refractivity contribution in [2.45, 2.75) is 155 Å². The largest absolute Gasteiger partial charge is 0.376 e. The molecule has 0 aromatic rings. The van der Waals surface area contributed by atoms with Gasteiger partial charge in [-0.05, 0) is 53.9 Å². The zero-order valence-electron chi connectivity index (χ0n) is 23.1. The summed E-state index contributed by atoms with van der Waals surface area (Å²) < 4.78 is 24.3. The first-order valence-corrected chi connectivity index (χ1v) is 14.2. The highest BCUT2D eigenvalue weighted by Crippen LogP contribution is 2.28. The van der Waals surface area contributed by atoms with Gasteiger partial charge in [0.2, 0.25) is 5.91 Å². The Hall–Kier alpha value is -0.690. The Balaban J connectivity index is 2.10. The van der Waals surface area contributed by atoms with E-state index >= 15 is 0 Å². The summed E-state index contributed by atoms with van der Waals surface area (Å²) >= 11 is 0. The SMILES string of the molecule is CCCCCCCCCC(=O)NCCCCCCO[C@H]1[C@H](C)OC(COC(C)C)[C@H]1OC(C)C. The minimum absolute atomic E-state index is 0.00364. The maximum absolute atomic E-state index is 11.9. The summed E-state index contributed by atoms with van der Waals surface area (Å²) in [6.07, 6.45) is 13.7. The van der Waals surface area contributed by atoms with Crippen LogP contribution in [0.25, 0.3) is 0 Å². The molecule has 0 saturated carbocycles. The Morgan fingerprint density at radius 3 is 2.18 bits per heavy atom. The first-order valence-electron chi connectivity index (χ1n) is 14.2. The van der Waals surface area contributed by atoms with E-state index in [0.29, 0.717) is 19.6 Å². The van der Waals surface area contributed by atoms with Gasteiger partial charge in [0, 0.05) is 19.6 Å². The van der Waals surface area contributed by atoms with Gasteiger partial charge in [-0.2, -0.15) is 0 Å². The van der Waals surface area contributed by atoms with E-state index in [4.69, 9.17) is 18.9 Å².